The van der Waals surface area contributed by atoms with Gasteiger partial charge in [0.1, 0.15) is 5.69 Å². The summed E-state index contributed by atoms with van der Waals surface area (Å²) in [6, 6.07) is 5.62. The number of rotatable bonds is 6. The number of aryl methyl sites for hydroxylation is 1. The van der Waals surface area contributed by atoms with Crippen LogP contribution in [0.4, 0.5) is 0 Å². The van der Waals surface area contributed by atoms with Crippen molar-refractivity contribution in [1.82, 2.24) is 25.0 Å². The van der Waals surface area contributed by atoms with Gasteiger partial charge in [-0.1, -0.05) is 6.07 Å². The zero-order valence-corrected chi connectivity index (χ0v) is 12.7. The molecule has 2 aromatic heterocycles. The summed E-state index contributed by atoms with van der Waals surface area (Å²) < 4.78 is 0. The summed E-state index contributed by atoms with van der Waals surface area (Å²) in [6.45, 7) is 3.86. The number of nitrogens with zero attached hydrogens (tertiary/aromatic N) is 4. The van der Waals surface area contributed by atoms with E-state index in [1.165, 1.54) is 0 Å². The number of H-pyrrole nitrogens is 1. The Morgan fingerprint density at radius 2 is 2.14 bits per heavy atom. The van der Waals surface area contributed by atoms with Crippen LogP contribution in [0.2, 0.25) is 0 Å². The van der Waals surface area contributed by atoms with Crippen molar-refractivity contribution in [2.45, 2.75) is 13.5 Å². The molecule has 0 fully saturated rings. The van der Waals surface area contributed by atoms with Crippen molar-refractivity contribution in [1.29, 1.82) is 0 Å². The lowest BCUT2D eigenvalue weighted by Gasteiger charge is -2.23. The predicted molar refractivity (Wildman–Crippen MR) is 80.9 cm³/mol. The average molecular weight is 287 g/mol. The second-order valence-corrected chi connectivity index (χ2v) is 5.33. The first-order valence-corrected chi connectivity index (χ1v) is 6.91. The van der Waals surface area contributed by atoms with Gasteiger partial charge in [-0.25, -0.2) is 0 Å². The Labute approximate surface area is 124 Å². The fraction of sp³-hybridized carbons (Fsp3) is 0.400. The van der Waals surface area contributed by atoms with Crippen molar-refractivity contribution in [2.24, 2.45) is 0 Å². The van der Waals surface area contributed by atoms with Crippen LogP contribution in [0.25, 0.3) is 0 Å². The zero-order chi connectivity index (χ0) is 15.2. The molecule has 2 heterocycles. The molecular weight excluding hydrogens is 266 g/mol. The van der Waals surface area contributed by atoms with Crippen molar-refractivity contribution in [3.05, 3.63) is 47.5 Å². The molecule has 21 heavy (non-hydrogen) atoms. The van der Waals surface area contributed by atoms with Gasteiger partial charge in [-0.05, 0) is 38.7 Å². The highest BCUT2D eigenvalue weighted by atomic mass is 16.2. The first kappa shape index (κ1) is 15.2. The maximum atomic E-state index is 12.6. The van der Waals surface area contributed by atoms with E-state index in [0.717, 1.165) is 17.8 Å². The second kappa shape index (κ2) is 6.99. The van der Waals surface area contributed by atoms with Crippen LogP contribution in [0, 0.1) is 6.92 Å². The van der Waals surface area contributed by atoms with Gasteiger partial charge in [-0.3, -0.25) is 14.9 Å². The quantitative estimate of drug-likeness (QED) is 0.870. The van der Waals surface area contributed by atoms with Crippen LogP contribution in [-0.2, 0) is 6.54 Å². The molecule has 6 heteroatoms. The van der Waals surface area contributed by atoms with Crippen molar-refractivity contribution in [3.63, 3.8) is 0 Å². The summed E-state index contributed by atoms with van der Waals surface area (Å²) >= 11 is 0. The molecule has 0 aliphatic carbocycles. The summed E-state index contributed by atoms with van der Waals surface area (Å²) in [7, 11) is 3.98. The Morgan fingerprint density at radius 1 is 1.33 bits per heavy atom. The van der Waals surface area contributed by atoms with Crippen LogP contribution in [0.5, 0.6) is 0 Å². The van der Waals surface area contributed by atoms with Gasteiger partial charge in [0.05, 0.1) is 0 Å². The molecule has 6 nitrogen and oxygen atoms in total. The summed E-state index contributed by atoms with van der Waals surface area (Å²) in [5.74, 6) is -0.0648. The predicted octanol–water partition coefficient (Wildman–Crippen LogP) is 1.32. The number of hydrogen-bond donors (Lipinski definition) is 1. The van der Waals surface area contributed by atoms with E-state index in [0.29, 0.717) is 18.8 Å². The molecule has 0 unspecified atom stereocenters. The van der Waals surface area contributed by atoms with Crippen LogP contribution in [0.1, 0.15) is 21.7 Å². The Balaban J connectivity index is 2.13. The lowest BCUT2D eigenvalue weighted by atomic mass is 10.2. The molecule has 1 amide bonds. The lowest BCUT2D eigenvalue weighted by Crippen LogP contribution is -2.36. The number of aromatic amines is 1. The first-order chi connectivity index (χ1) is 10.1. The van der Waals surface area contributed by atoms with E-state index in [1.54, 1.807) is 23.4 Å². The monoisotopic (exact) mass is 287 g/mol. The Kier molecular flexibility index (Phi) is 5.05. The van der Waals surface area contributed by atoms with Crippen molar-refractivity contribution in [3.8, 4) is 0 Å². The number of nitrogens with one attached hydrogen (secondary N) is 1. The maximum Gasteiger partial charge on any atom is 0.274 e. The summed E-state index contributed by atoms with van der Waals surface area (Å²) in [6.07, 6.45) is 3.51. The van der Waals surface area contributed by atoms with Gasteiger partial charge in [-0.2, -0.15) is 5.10 Å². The number of pyridine rings is 1. The highest BCUT2D eigenvalue weighted by Crippen LogP contribution is 2.09. The molecule has 0 atom stereocenters. The smallest absolute Gasteiger partial charge is 0.274 e. The van der Waals surface area contributed by atoms with Gasteiger partial charge in [0.2, 0.25) is 0 Å². The largest absolute Gasteiger partial charge is 0.332 e. The molecule has 0 radical (unpaired) electrons. The fourth-order valence-corrected chi connectivity index (χ4v) is 1.97. The molecule has 1 N–H and O–H groups in total. The molecule has 2 rings (SSSR count). The van der Waals surface area contributed by atoms with Crippen LogP contribution in [0.15, 0.2) is 30.6 Å². The standard InChI is InChI=1S/C15H21N5O/c1-12-9-14(18-17-12)15(21)20(8-7-19(2)3)11-13-5-4-6-16-10-13/h4-6,9-10H,7-8,11H2,1-3H3,(H,17,18). The van der Waals surface area contributed by atoms with Crippen molar-refractivity contribution >= 4 is 5.91 Å². The SMILES string of the molecule is Cc1cc(C(=O)N(CCN(C)C)Cc2cccnc2)n[nH]1. The summed E-state index contributed by atoms with van der Waals surface area (Å²) in [5.41, 5.74) is 2.35. The number of aromatic nitrogens is 3. The van der Waals surface area contributed by atoms with Crippen LogP contribution >= 0.6 is 0 Å². The normalized spacial score (nSPS) is 10.9. The van der Waals surface area contributed by atoms with Gasteiger partial charge >= 0.3 is 0 Å². The second-order valence-electron chi connectivity index (χ2n) is 5.33. The molecule has 0 aliphatic heterocycles. The number of likely N-dealkylation sites (N-methyl/N-ethyl adjacent to an activating group) is 1. The van der Waals surface area contributed by atoms with E-state index in [2.05, 4.69) is 20.1 Å². The van der Waals surface area contributed by atoms with E-state index in [4.69, 9.17) is 0 Å². The minimum absolute atomic E-state index is 0.0648. The molecule has 0 aliphatic rings. The molecule has 0 aromatic carbocycles. The fourth-order valence-electron chi connectivity index (χ4n) is 1.97. The van der Waals surface area contributed by atoms with Gasteiger partial charge in [-0.15, -0.1) is 0 Å². The van der Waals surface area contributed by atoms with Gasteiger partial charge in [0, 0.05) is 37.7 Å². The van der Waals surface area contributed by atoms with Gasteiger partial charge in [0.15, 0.2) is 0 Å². The third-order valence-electron chi connectivity index (χ3n) is 3.13. The summed E-state index contributed by atoms with van der Waals surface area (Å²) in [4.78, 5) is 20.5. The minimum atomic E-state index is -0.0648. The topological polar surface area (TPSA) is 65.1 Å². The van der Waals surface area contributed by atoms with E-state index in [9.17, 15) is 4.79 Å². The summed E-state index contributed by atoms with van der Waals surface area (Å²) in [5, 5.41) is 6.87. The molecule has 0 saturated carbocycles. The molecule has 2 aromatic rings. The van der Waals surface area contributed by atoms with Gasteiger partial charge < -0.3 is 9.80 Å². The number of carbonyl (C=O) groups is 1. The third kappa shape index (κ3) is 4.39. The van der Waals surface area contributed by atoms with E-state index in [-0.39, 0.29) is 5.91 Å². The number of carbonyl (C=O) groups excluding carboxylic acids is 1. The Hall–Kier alpha value is -2.21. The molecule has 112 valence electrons. The molecular formula is C15H21N5O. The maximum absolute atomic E-state index is 12.6. The molecule has 0 spiro atoms. The number of amides is 1. The van der Waals surface area contributed by atoms with Crippen molar-refractivity contribution < 1.29 is 4.79 Å². The van der Waals surface area contributed by atoms with Crippen LogP contribution in [0.3, 0.4) is 0 Å². The number of hydrogen-bond acceptors (Lipinski definition) is 4. The van der Waals surface area contributed by atoms with Crippen LogP contribution < -0.4 is 0 Å². The van der Waals surface area contributed by atoms with Gasteiger partial charge in [0.25, 0.3) is 5.91 Å². The first-order valence-electron chi connectivity index (χ1n) is 6.91. The van der Waals surface area contributed by atoms with E-state index < -0.39 is 0 Å². The zero-order valence-electron chi connectivity index (χ0n) is 12.7. The van der Waals surface area contributed by atoms with E-state index in [1.807, 2.05) is 33.2 Å². The Morgan fingerprint density at radius 3 is 2.71 bits per heavy atom. The third-order valence-corrected chi connectivity index (χ3v) is 3.13. The molecule has 0 bridgehead atoms. The van der Waals surface area contributed by atoms with E-state index >= 15 is 0 Å². The highest BCUT2D eigenvalue weighted by Gasteiger charge is 2.18. The lowest BCUT2D eigenvalue weighted by molar-refractivity contribution is 0.0726. The highest BCUT2D eigenvalue weighted by molar-refractivity contribution is 5.92. The Bertz CT molecular complexity index is 579. The van der Waals surface area contributed by atoms with Crippen molar-refractivity contribution in [2.75, 3.05) is 27.2 Å². The average Bonchev–Trinajstić information content (AvgIpc) is 2.90. The van der Waals surface area contributed by atoms with Crippen LogP contribution in [-0.4, -0.2) is 58.1 Å². The molecule has 0 saturated heterocycles. The minimum Gasteiger partial charge on any atom is -0.332 e.